The predicted molar refractivity (Wildman–Crippen MR) is 99.6 cm³/mol. The molecule has 3 aromatic heterocycles. The molecule has 3 heterocycles. The molecule has 0 saturated heterocycles. The van der Waals surface area contributed by atoms with Gasteiger partial charge in [0.2, 0.25) is 0 Å². The molecule has 0 amide bonds. The summed E-state index contributed by atoms with van der Waals surface area (Å²) >= 11 is 7.68. The number of hydrogen-bond donors (Lipinski definition) is 1. The first kappa shape index (κ1) is 15.4. The van der Waals surface area contributed by atoms with E-state index in [4.69, 9.17) is 16.6 Å². The average molecular weight is 355 g/mol. The van der Waals surface area contributed by atoms with Crippen molar-refractivity contribution in [2.24, 2.45) is 0 Å². The normalized spacial score (nSPS) is 11.3. The third kappa shape index (κ3) is 2.63. The number of rotatable bonds is 3. The molecule has 4 aromatic rings. The molecule has 0 fully saturated rings. The van der Waals surface area contributed by atoms with Crippen LogP contribution < -0.4 is 0 Å². The Bertz CT molecular complexity index is 1030. The smallest absolute Gasteiger partial charge is 0.137 e. The Morgan fingerprint density at radius 2 is 2.00 bits per heavy atom. The predicted octanol–water partition coefficient (Wildman–Crippen LogP) is 5.18. The van der Waals surface area contributed by atoms with Gasteiger partial charge in [0.25, 0.3) is 0 Å². The van der Waals surface area contributed by atoms with Crippen LogP contribution in [0.3, 0.4) is 0 Å². The van der Waals surface area contributed by atoms with Crippen LogP contribution >= 0.6 is 22.9 Å². The van der Waals surface area contributed by atoms with E-state index >= 15 is 0 Å². The largest absolute Gasteiger partial charge is 0.391 e. The fraction of sp³-hybridized carbons (Fsp3) is 0.105. The number of fused-ring (bicyclic) bond motifs is 1. The van der Waals surface area contributed by atoms with Crippen LogP contribution in [0.25, 0.3) is 28.0 Å². The van der Waals surface area contributed by atoms with Gasteiger partial charge in [0.15, 0.2) is 0 Å². The number of pyridine rings is 1. The van der Waals surface area contributed by atoms with Crippen LogP contribution in [0.2, 0.25) is 5.02 Å². The minimum absolute atomic E-state index is 0.0793. The summed E-state index contributed by atoms with van der Waals surface area (Å²) in [6, 6.07) is 13.9. The van der Waals surface area contributed by atoms with Gasteiger partial charge in [-0.25, -0.2) is 4.98 Å². The molecule has 0 atom stereocenters. The number of halogens is 1. The lowest BCUT2D eigenvalue weighted by Gasteiger charge is -2.02. The fourth-order valence-corrected chi connectivity index (χ4v) is 3.80. The molecule has 120 valence electrons. The van der Waals surface area contributed by atoms with Gasteiger partial charge < -0.3 is 9.51 Å². The van der Waals surface area contributed by atoms with Crippen LogP contribution in [-0.4, -0.2) is 14.5 Å². The highest BCUT2D eigenvalue weighted by atomic mass is 35.5. The molecule has 0 radical (unpaired) electrons. The number of aliphatic hydroxyl groups excluding tert-OH is 1. The van der Waals surface area contributed by atoms with E-state index in [9.17, 15) is 5.11 Å². The standard InChI is InChI=1S/C19H15ClN2OS/c1-12-19(13-3-2-4-16(20)7-13)21-18-6-5-14(9-22(12)18)15-8-17(10-23)24-11-15/h2-9,11,23H,10H2,1H3. The van der Waals surface area contributed by atoms with Crippen molar-refractivity contribution in [3.05, 3.63) is 69.6 Å². The van der Waals surface area contributed by atoms with Gasteiger partial charge in [0.05, 0.1) is 12.3 Å². The molecule has 1 aromatic carbocycles. The van der Waals surface area contributed by atoms with E-state index < -0.39 is 0 Å². The highest BCUT2D eigenvalue weighted by Gasteiger charge is 2.12. The Labute approximate surface area is 148 Å². The highest BCUT2D eigenvalue weighted by Crippen LogP contribution is 2.30. The number of hydrogen-bond acceptors (Lipinski definition) is 3. The molecule has 24 heavy (non-hydrogen) atoms. The van der Waals surface area contributed by atoms with Crippen molar-refractivity contribution in [2.75, 3.05) is 0 Å². The zero-order valence-electron chi connectivity index (χ0n) is 13.0. The summed E-state index contributed by atoms with van der Waals surface area (Å²) in [4.78, 5) is 5.71. The zero-order valence-corrected chi connectivity index (χ0v) is 14.6. The van der Waals surface area contributed by atoms with E-state index in [1.54, 1.807) is 11.3 Å². The number of aromatic nitrogens is 2. The van der Waals surface area contributed by atoms with Gasteiger partial charge in [-0.05, 0) is 53.8 Å². The van der Waals surface area contributed by atoms with Gasteiger partial charge in [-0.15, -0.1) is 11.3 Å². The molecule has 1 N–H and O–H groups in total. The second kappa shape index (κ2) is 6.06. The Hall–Kier alpha value is -2.14. The van der Waals surface area contributed by atoms with E-state index in [-0.39, 0.29) is 6.61 Å². The van der Waals surface area contributed by atoms with Crippen molar-refractivity contribution in [3.8, 4) is 22.4 Å². The summed E-state index contributed by atoms with van der Waals surface area (Å²) in [6.45, 7) is 2.14. The molecule has 3 nitrogen and oxygen atoms in total. The molecule has 0 spiro atoms. The summed E-state index contributed by atoms with van der Waals surface area (Å²) < 4.78 is 2.10. The highest BCUT2D eigenvalue weighted by molar-refractivity contribution is 7.10. The first-order valence-corrected chi connectivity index (χ1v) is 8.85. The fourth-order valence-electron chi connectivity index (χ4n) is 2.86. The van der Waals surface area contributed by atoms with E-state index in [0.29, 0.717) is 5.02 Å². The molecule has 5 heteroatoms. The molecule has 0 saturated carbocycles. The van der Waals surface area contributed by atoms with Crippen molar-refractivity contribution in [1.29, 1.82) is 0 Å². The number of benzene rings is 1. The van der Waals surface area contributed by atoms with E-state index in [1.807, 2.05) is 36.4 Å². The number of nitrogens with zero attached hydrogens (tertiary/aromatic N) is 2. The first-order chi connectivity index (χ1) is 11.7. The second-order valence-corrected chi connectivity index (χ2v) is 7.09. The lowest BCUT2D eigenvalue weighted by molar-refractivity contribution is 0.285. The monoisotopic (exact) mass is 354 g/mol. The summed E-state index contributed by atoms with van der Waals surface area (Å²) in [6.07, 6.45) is 2.09. The Balaban J connectivity index is 1.84. The quantitative estimate of drug-likeness (QED) is 0.550. The van der Waals surface area contributed by atoms with Gasteiger partial charge in [-0.2, -0.15) is 0 Å². The zero-order chi connectivity index (χ0) is 16.7. The van der Waals surface area contributed by atoms with Gasteiger partial charge >= 0.3 is 0 Å². The first-order valence-electron chi connectivity index (χ1n) is 7.59. The summed E-state index contributed by atoms with van der Waals surface area (Å²) in [5, 5.41) is 12.0. The molecule has 0 unspecified atom stereocenters. The van der Waals surface area contributed by atoms with Crippen LogP contribution in [0.5, 0.6) is 0 Å². The lowest BCUT2D eigenvalue weighted by atomic mass is 10.1. The topological polar surface area (TPSA) is 37.5 Å². The second-order valence-electron chi connectivity index (χ2n) is 5.66. The van der Waals surface area contributed by atoms with E-state index in [0.717, 1.165) is 38.6 Å². The number of aryl methyl sites for hydroxylation is 1. The Morgan fingerprint density at radius 1 is 1.12 bits per heavy atom. The summed E-state index contributed by atoms with van der Waals surface area (Å²) in [5.74, 6) is 0. The van der Waals surface area contributed by atoms with Crippen molar-refractivity contribution < 1.29 is 5.11 Å². The van der Waals surface area contributed by atoms with Crippen LogP contribution in [0.1, 0.15) is 10.6 Å². The van der Waals surface area contributed by atoms with E-state index in [2.05, 4.69) is 29.0 Å². The van der Waals surface area contributed by atoms with Crippen molar-refractivity contribution in [2.45, 2.75) is 13.5 Å². The van der Waals surface area contributed by atoms with E-state index in [1.165, 1.54) is 0 Å². The molecule has 0 aliphatic heterocycles. The molecule has 0 aliphatic rings. The molecular formula is C19H15ClN2OS. The average Bonchev–Trinajstić information content (AvgIpc) is 3.20. The summed E-state index contributed by atoms with van der Waals surface area (Å²) in [7, 11) is 0. The summed E-state index contributed by atoms with van der Waals surface area (Å²) in [5.41, 5.74) is 6.16. The third-order valence-electron chi connectivity index (χ3n) is 4.10. The Kier molecular flexibility index (Phi) is 3.88. The molecular weight excluding hydrogens is 340 g/mol. The Morgan fingerprint density at radius 3 is 2.75 bits per heavy atom. The van der Waals surface area contributed by atoms with Crippen LogP contribution in [0, 0.1) is 6.92 Å². The number of thiophene rings is 1. The number of imidazole rings is 1. The van der Waals surface area contributed by atoms with Gasteiger partial charge in [-0.3, -0.25) is 0 Å². The molecule has 0 bridgehead atoms. The number of aliphatic hydroxyl groups is 1. The van der Waals surface area contributed by atoms with Crippen LogP contribution in [0.4, 0.5) is 0 Å². The molecule has 0 aliphatic carbocycles. The van der Waals surface area contributed by atoms with Gasteiger partial charge in [0, 0.05) is 27.4 Å². The minimum atomic E-state index is 0.0793. The maximum atomic E-state index is 9.25. The van der Waals surface area contributed by atoms with Crippen molar-refractivity contribution >= 4 is 28.6 Å². The molecule has 4 rings (SSSR count). The van der Waals surface area contributed by atoms with Crippen LogP contribution in [0.15, 0.2) is 54.0 Å². The van der Waals surface area contributed by atoms with Crippen LogP contribution in [-0.2, 0) is 6.61 Å². The van der Waals surface area contributed by atoms with Gasteiger partial charge in [0.1, 0.15) is 5.65 Å². The maximum absolute atomic E-state index is 9.25. The third-order valence-corrected chi connectivity index (χ3v) is 5.25. The van der Waals surface area contributed by atoms with Crippen molar-refractivity contribution in [1.82, 2.24) is 9.38 Å². The maximum Gasteiger partial charge on any atom is 0.137 e. The SMILES string of the molecule is Cc1c(-c2cccc(Cl)c2)nc2ccc(-c3csc(CO)c3)cn12. The lowest BCUT2D eigenvalue weighted by Crippen LogP contribution is -1.89. The minimum Gasteiger partial charge on any atom is -0.391 e. The van der Waals surface area contributed by atoms with Gasteiger partial charge in [-0.1, -0.05) is 23.7 Å². The van der Waals surface area contributed by atoms with Crippen molar-refractivity contribution in [3.63, 3.8) is 0 Å².